The fourth-order valence-corrected chi connectivity index (χ4v) is 4.67. The second-order valence-electron chi connectivity index (χ2n) is 9.76. The van der Waals surface area contributed by atoms with Crippen molar-refractivity contribution in [2.45, 2.75) is 19.3 Å². The lowest BCUT2D eigenvalue weighted by atomic mass is 9.92. The summed E-state index contributed by atoms with van der Waals surface area (Å²) >= 11 is 0. The Morgan fingerprint density at radius 3 is 1.02 bits per heavy atom. The Bertz CT molecular complexity index is 1500. The first-order chi connectivity index (χ1) is 22.2. The predicted molar refractivity (Wildman–Crippen MR) is 175 cm³/mol. The van der Waals surface area contributed by atoms with E-state index in [0.717, 1.165) is 33.4 Å². The first kappa shape index (κ1) is 32.1. The summed E-state index contributed by atoms with van der Waals surface area (Å²) in [5, 5.41) is 10.8. The van der Waals surface area contributed by atoms with Crippen LogP contribution in [0.25, 0.3) is 64.7 Å². The molecule has 0 unspecified atom stereocenters. The molecule has 4 aromatic carbocycles. The molecule has 0 atom stereocenters. The van der Waals surface area contributed by atoms with Crippen LogP contribution >= 0.6 is 0 Å². The third-order valence-corrected chi connectivity index (χ3v) is 6.70. The Morgan fingerprint density at radius 2 is 0.733 bits per heavy atom. The molecule has 12 heteroatoms. The highest BCUT2D eigenvalue weighted by Crippen LogP contribution is 2.41. The summed E-state index contributed by atoms with van der Waals surface area (Å²) in [4.78, 5) is 8.43. The summed E-state index contributed by atoms with van der Waals surface area (Å²) in [7, 11) is 0. The van der Waals surface area contributed by atoms with Gasteiger partial charge in [-0.05, 0) is 88.9 Å². The molecule has 0 bridgehead atoms. The molecule has 12 nitrogen and oxygen atoms in total. The predicted octanol–water partition coefficient (Wildman–Crippen LogP) is 9.93. The van der Waals surface area contributed by atoms with Gasteiger partial charge in [-0.25, -0.2) is 0 Å². The standard InChI is InChI=1S/C33H33N9O3/c34-40-37-16-7-19-43-31-13-4-1-10-28(31)25-22-26(29-11-2-5-14-32(29)44-20-8-17-38-41-35)24-27(23-25)30-12-3-6-15-33(30)45-21-9-18-39-42-36/h1-6,10-15,22-24H,7-9,16-21H2. The van der Waals surface area contributed by atoms with E-state index in [9.17, 15) is 0 Å². The molecular weight excluding hydrogens is 570 g/mol. The number of hydrogen-bond acceptors (Lipinski definition) is 6. The van der Waals surface area contributed by atoms with Gasteiger partial charge in [0.25, 0.3) is 0 Å². The molecule has 0 spiro atoms. The van der Waals surface area contributed by atoms with E-state index in [2.05, 4.69) is 48.3 Å². The van der Waals surface area contributed by atoms with Crippen LogP contribution in [0.2, 0.25) is 0 Å². The van der Waals surface area contributed by atoms with Gasteiger partial charge in [0, 0.05) is 51.1 Å². The summed E-state index contributed by atoms with van der Waals surface area (Å²) in [5.74, 6) is 2.14. The molecular formula is C33H33N9O3. The number of nitrogens with zero attached hydrogens (tertiary/aromatic N) is 9. The first-order valence-corrected chi connectivity index (χ1v) is 14.6. The van der Waals surface area contributed by atoms with Crippen molar-refractivity contribution in [3.05, 3.63) is 122 Å². The number of azide groups is 3. The number of ether oxygens (including phenoxy) is 3. The molecule has 0 N–H and O–H groups in total. The number of para-hydroxylation sites is 3. The molecule has 228 valence electrons. The number of benzene rings is 4. The Kier molecular flexibility index (Phi) is 12.9. The van der Waals surface area contributed by atoms with Gasteiger partial charge in [-0.2, -0.15) is 0 Å². The Morgan fingerprint density at radius 1 is 0.444 bits per heavy atom. The van der Waals surface area contributed by atoms with E-state index in [4.69, 9.17) is 30.8 Å². The zero-order valence-electron chi connectivity index (χ0n) is 24.8. The summed E-state index contributed by atoms with van der Waals surface area (Å²) in [6, 6.07) is 29.8. The van der Waals surface area contributed by atoms with E-state index in [1.165, 1.54) is 0 Å². The van der Waals surface area contributed by atoms with Crippen molar-refractivity contribution in [2.75, 3.05) is 39.5 Å². The maximum atomic E-state index is 8.58. The molecule has 45 heavy (non-hydrogen) atoms. The quantitative estimate of drug-likeness (QED) is 0.0477. The highest BCUT2D eigenvalue weighted by atomic mass is 16.5. The van der Waals surface area contributed by atoms with E-state index in [-0.39, 0.29) is 0 Å². The van der Waals surface area contributed by atoms with Gasteiger partial charge in [0.1, 0.15) is 17.2 Å². The van der Waals surface area contributed by atoms with Crippen molar-refractivity contribution in [3.63, 3.8) is 0 Å². The van der Waals surface area contributed by atoms with Crippen LogP contribution in [0.4, 0.5) is 0 Å². The molecule has 0 aliphatic rings. The Balaban J connectivity index is 1.76. The van der Waals surface area contributed by atoms with Crippen LogP contribution in [0.5, 0.6) is 17.2 Å². The largest absolute Gasteiger partial charge is 0.493 e. The van der Waals surface area contributed by atoms with Gasteiger partial charge in [-0.1, -0.05) is 69.9 Å². The fourth-order valence-electron chi connectivity index (χ4n) is 4.67. The molecule has 0 amide bonds. The van der Waals surface area contributed by atoms with Crippen LogP contribution in [0.1, 0.15) is 19.3 Å². The van der Waals surface area contributed by atoms with Gasteiger partial charge in [0.05, 0.1) is 19.8 Å². The van der Waals surface area contributed by atoms with Crippen molar-refractivity contribution in [2.24, 2.45) is 15.3 Å². The lowest BCUT2D eigenvalue weighted by Crippen LogP contribution is -2.02. The topological polar surface area (TPSA) is 174 Å². The third kappa shape index (κ3) is 9.61. The van der Waals surface area contributed by atoms with Crippen molar-refractivity contribution >= 4 is 0 Å². The second-order valence-corrected chi connectivity index (χ2v) is 9.76. The van der Waals surface area contributed by atoms with Crippen molar-refractivity contribution < 1.29 is 14.2 Å². The van der Waals surface area contributed by atoms with E-state index >= 15 is 0 Å². The molecule has 4 aromatic rings. The lowest BCUT2D eigenvalue weighted by molar-refractivity contribution is 0.314. The molecule has 0 heterocycles. The molecule has 0 saturated heterocycles. The second kappa shape index (κ2) is 18.0. The van der Waals surface area contributed by atoms with Crippen LogP contribution in [0.3, 0.4) is 0 Å². The van der Waals surface area contributed by atoms with Gasteiger partial charge in [-0.15, -0.1) is 0 Å². The zero-order valence-corrected chi connectivity index (χ0v) is 24.8. The summed E-state index contributed by atoms with van der Waals surface area (Å²) in [5.41, 5.74) is 31.3. The molecule has 0 aliphatic carbocycles. The third-order valence-electron chi connectivity index (χ3n) is 6.70. The van der Waals surface area contributed by atoms with Crippen LogP contribution in [-0.2, 0) is 0 Å². The summed E-state index contributed by atoms with van der Waals surface area (Å²) in [6.45, 7) is 2.29. The van der Waals surface area contributed by atoms with E-state index in [1.54, 1.807) is 0 Å². The van der Waals surface area contributed by atoms with E-state index in [0.29, 0.717) is 76.0 Å². The molecule has 0 fully saturated rings. The van der Waals surface area contributed by atoms with Crippen LogP contribution in [0.15, 0.2) is 106 Å². The average Bonchev–Trinajstić information content (AvgIpc) is 3.08. The maximum Gasteiger partial charge on any atom is 0.127 e. The van der Waals surface area contributed by atoms with Crippen LogP contribution in [0, 0.1) is 0 Å². The van der Waals surface area contributed by atoms with E-state index < -0.39 is 0 Å². The number of rotatable bonds is 18. The monoisotopic (exact) mass is 603 g/mol. The van der Waals surface area contributed by atoms with E-state index in [1.807, 2.05) is 72.8 Å². The minimum atomic E-state index is 0.359. The van der Waals surface area contributed by atoms with Crippen molar-refractivity contribution in [1.82, 2.24) is 0 Å². The highest BCUT2D eigenvalue weighted by Gasteiger charge is 2.15. The van der Waals surface area contributed by atoms with Crippen LogP contribution < -0.4 is 14.2 Å². The van der Waals surface area contributed by atoms with Gasteiger partial charge in [0.2, 0.25) is 0 Å². The molecule has 0 aromatic heterocycles. The van der Waals surface area contributed by atoms with Crippen molar-refractivity contribution in [1.29, 1.82) is 0 Å². The molecule has 0 radical (unpaired) electrons. The molecule has 0 aliphatic heterocycles. The Hall–Kier alpha value is -5.79. The van der Waals surface area contributed by atoms with Gasteiger partial charge >= 0.3 is 0 Å². The maximum absolute atomic E-state index is 8.58. The SMILES string of the molecule is [N-]=[N+]=NCCCOc1ccccc1-c1cc(-c2ccccc2OCCCN=[N+]=[N-])cc(-c2ccccc2OCCCN=[N+]=[N-])c1. The summed E-state index contributed by atoms with van der Waals surface area (Å²) < 4.78 is 18.4. The van der Waals surface area contributed by atoms with Gasteiger partial charge in [-0.3, -0.25) is 0 Å². The zero-order chi connectivity index (χ0) is 31.5. The van der Waals surface area contributed by atoms with Gasteiger partial charge < -0.3 is 14.2 Å². The highest BCUT2D eigenvalue weighted by molar-refractivity contribution is 5.86. The minimum Gasteiger partial charge on any atom is -0.493 e. The van der Waals surface area contributed by atoms with Gasteiger partial charge in [0.15, 0.2) is 0 Å². The molecule has 0 saturated carbocycles. The first-order valence-electron chi connectivity index (χ1n) is 14.6. The number of hydrogen-bond donors (Lipinski definition) is 0. The average molecular weight is 604 g/mol. The fraction of sp³-hybridized carbons (Fsp3) is 0.273. The van der Waals surface area contributed by atoms with Crippen molar-refractivity contribution in [3.8, 4) is 50.6 Å². The molecule has 4 rings (SSSR count). The Labute approximate surface area is 261 Å². The summed E-state index contributed by atoms with van der Waals surface area (Å²) in [6.07, 6.45) is 1.79. The normalized spacial score (nSPS) is 10.1. The smallest absolute Gasteiger partial charge is 0.127 e. The lowest BCUT2D eigenvalue weighted by Gasteiger charge is -2.18. The minimum absolute atomic E-state index is 0.359. The van der Waals surface area contributed by atoms with Crippen LogP contribution in [-0.4, -0.2) is 39.5 Å².